The molecule has 0 saturated heterocycles. The van der Waals surface area contributed by atoms with Crippen molar-refractivity contribution in [3.63, 3.8) is 0 Å². The monoisotopic (exact) mass is 328 g/mol. The van der Waals surface area contributed by atoms with Gasteiger partial charge in [-0.15, -0.1) is 0 Å². The fraction of sp³-hybridized carbons (Fsp3) is 0.357. The van der Waals surface area contributed by atoms with E-state index in [-0.39, 0.29) is 22.2 Å². The highest BCUT2D eigenvalue weighted by atomic mass is 35.5. The summed E-state index contributed by atoms with van der Waals surface area (Å²) in [4.78, 5) is 34.7. The molecule has 0 aromatic heterocycles. The third-order valence-corrected chi connectivity index (χ3v) is 2.87. The molecule has 0 heterocycles. The number of hydrogen-bond donors (Lipinski definition) is 3. The Labute approximate surface area is 132 Å². The summed E-state index contributed by atoms with van der Waals surface area (Å²) in [6.45, 7) is 3.15. The molecular formula is C14H17ClN2O5. The first kappa shape index (κ1) is 17.8. The molecule has 0 aliphatic carbocycles. The Morgan fingerprint density at radius 3 is 2.64 bits per heavy atom. The predicted octanol–water partition coefficient (Wildman–Crippen LogP) is 0.843. The first-order chi connectivity index (χ1) is 10.3. The van der Waals surface area contributed by atoms with Crippen molar-refractivity contribution in [1.82, 2.24) is 10.6 Å². The molecule has 22 heavy (non-hydrogen) atoms. The molecule has 2 amide bonds. The fourth-order valence-electron chi connectivity index (χ4n) is 1.56. The largest absolute Gasteiger partial charge is 0.507 e. The molecule has 3 N–H and O–H groups in total. The predicted molar refractivity (Wildman–Crippen MR) is 79.7 cm³/mol. The molecule has 0 saturated carbocycles. The quantitative estimate of drug-likeness (QED) is 0.671. The van der Waals surface area contributed by atoms with Gasteiger partial charge in [0.25, 0.3) is 5.91 Å². The average Bonchev–Trinajstić information content (AvgIpc) is 2.45. The van der Waals surface area contributed by atoms with Crippen molar-refractivity contribution in [2.24, 2.45) is 0 Å². The minimum atomic E-state index is -0.866. The molecule has 0 bridgehead atoms. The second-order valence-corrected chi connectivity index (χ2v) is 4.86. The number of phenols is 1. The van der Waals surface area contributed by atoms with Crippen LogP contribution in [0.4, 0.5) is 0 Å². The average molecular weight is 329 g/mol. The summed E-state index contributed by atoms with van der Waals surface area (Å²) in [6, 6.07) is 3.15. The molecule has 0 aliphatic heterocycles. The molecule has 120 valence electrons. The number of ether oxygens (including phenoxy) is 1. The van der Waals surface area contributed by atoms with E-state index < -0.39 is 24.5 Å². The van der Waals surface area contributed by atoms with E-state index in [0.717, 1.165) is 0 Å². The van der Waals surface area contributed by atoms with E-state index in [4.69, 9.17) is 16.3 Å². The van der Waals surface area contributed by atoms with Crippen LogP contribution < -0.4 is 10.6 Å². The van der Waals surface area contributed by atoms with E-state index in [2.05, 4.69) is 10.6 Å². The maximum absolute atomic E-state index is 11.7. The minimum Gasteiger partial charge on any atom is -0.507 e. The molecule has 1 atom stereocenters. The normalized spacial score (nSPS) is 11.4. The van der Waals surface area contributed by atoms with E-state index in [9.17, 15) is 19.5 Å². The van der Waals surface area contributed by atoms with Crippen molar-refractivity contribution in [2.75, 3.05) is 13.2 Å². The van der Waals surface area contributed by atoms with Gasteiger partial charge in [-0.05, 0) is 32.0 Å². The highest BCUT2D eigenvalue weighted by Gasteiger charge is 2.18. The minimum absolute atomic E-state index is 0.103. The van der Waals surface area contributed by atoms with Gasteiger partial charge in [0.1, 0.15) is 17.4 Å². The van der Waals surface area contributed by atoms with Gasteiger partial charge in [-0.3, -0.25) is 9.59 Å². The topological polar surface area (TPSA) is 105 Å². The lowest BCUT2D eigenvalue weighted by atomic mass is 10.2. The molecule has 0 spiro atoms. The molecule has 1 aromatic carbocycles. The smallest absolute Gasteiger partial charge is 0.342 e. The molecule has 7 nitrogen and oxygen atoms in total. The van der Waals surface area contributed by atoms with Gasteiger partial charge in [0.15, 0.2) is 6.61 Å². The molecule has 1 rings (SSSR count). The van der Waals surface area contributed by atoms with E-state index >= 15 is 0 Å². The molecule has 1 aromatic rings. The van der Waals surface area contributed by atoms with E-state index in [1.165, 1.54) is 25.1 Å². The van der Waals surface area contributed by atoms with Crippen LogP contribution in [0, 0.1) is 0 Å². The number of carbonyl (C=O) groups excluding carboxylic acids is 3. The summed E-state index contributed by atoms with van der Waals surface area (Å²) in [7, 11) is 0. The first-order valence-electron chi connectivity index (χ1n) is 6.57. The summed E-state index contributed by atoms with van der Waals surface area (Å²) >= 11 is 5.65. The van der Waals surface area contributed by atoms with Crippen LogP contribution in [0.15, 0.2) is 18.2 Å². The Morgan fingerprint density at radius 1 is 1.36 bits per heavy atom. The summed E-state index contributed by atoms with van der Waals surface area (Å²) in [5.41, 5.74) is -0.103. The highest BCUT2D eigenvalue weighted by Crippen LogP contribution is 2.22. The van der Waals surface area contributed by atoms with Crippen LogP contribution in [-0.4, -0.2) is 42.1 Å². The number of likely N-dealkylation sites (N-methyl/N-ethyl adjacent to an activating group) is 1. The second kappa shape index (κ2) is 8.23. The van der Waals surface area contributed by atoms with Crippen LogP contribution in [0.5, 0.6) is 5.75 Å². The second-order valence-electron chi connectivity index (χ2n) is 4.42. The first-order valence-corrected chi connectivity index (χ1v) is 6.95. The number of rotatable bonds is 6. The maximum atomic E-state index is 11.7. The summed E-state index contributed by atoms with van der Waals surface area (Å²) in [6.07, 6.45) is 0. The van der Waals surface area contributed by atoms with Gasteiger partial charge in [-0.2, -0.15) is 0 Å². The standard InChI is InChI=1S/C14H17ClN2O5/c1-3-16-13(20)8(2)17-12(19)7-22-14(21)10-5-4-9(15)6-11(10)18/h4-6,8,18H,3,7H2,1-2H3,(H,16,20)(H,17,19)/t8-/m1/s1. The van der Waals surface area contributed by atoms with Gasteiger partial charge < -0.3 is 20.5 Å². The lowest BCUT2D eigenvalue weighted by Crippen LogP contribution is -2.46. The van der Waals surface area contributed by atoms with Gasteiger partial charge in [0.2, 0.25) is 5.91 Å². The number of aromatic hydroxyl groups is 1. The van der Waals surface area contributed by atoms with Crippen LogP contribution in [0.1, 0.15) is 24.2 Å². The summed E-state index contributed by atoms with van der Waals surface area (Å²) in [5.74, 6) is -2.17. The van der Waals surface area contributed by atoms with E-state index in [0.29, 0.717) is 6.54 Å². The number of phenolic OH excluding ortho intramolecular Hbond substituents is 1. The van der Waals surface area contributed by atoms with Crippen molar-refractivity contribution >= 4 is 29.4 Å². The van der Waals surface area contributed by atoms with Gasteiger partial charge in [0, 0.05) is 11.6 Å². The zero-order valence-corrected chi connectivity index (χ0v) is 12.9. The Kier molecular flexibility index (Phi) is 6.65. The fourth-order valence-corrected chi connectivity index (χ4v) is 1.73. The number of halogens is 1. The SMILES string of the molecule is CCNC(=O)[C@@H](C)NC(=O)COC(=O)c1ccc(Cl)cc1O. The van der Waals surface area contributed by atoms with Gasteiger partial charge >= 0.3 is 5.97 Å². The lowest BCUT2D eigenvalue weighted by molar-refractivity contribution is -0.130. The van der Waals surface area contributed by atoms with E-state index in [1.54, 1.807) is 6.92 Å². The van der Waals surface area contributed by atoms with Crippen molar-refractivity contribution in [3.8, 4) is 5.75 Å². The number of esters is 1. The van der Waals surface area contributed by atoms with E-state index in [1.807, 2.05) is 0 Å². The number of hydrogen-bond acceptors (Lipinski definition) is 5. The van der Waals surface area contributed by atoms with Crippen LogP contribution in [0.25, 0.3) is 0 Å². The van der Waals surface area contributed by atoms with Crippen molar-refractivity contribution < 1.29 is 24.2 Å². The van der Waals surface area contributed by atoms with Crippen LogP contribution >= 0.6 is 11.6 Å². The molecule has 8 heteroatoms. The van der Waals surface area contributed by atoms with Gasteiger partial charge in [0.05, 0.1) is 0 Å². The Bertz CT molecular complexity index is 576. The van der Waals surface area contributed by atoms with Gasteiger partial charge in [-0.25, -0.2) is 4.79 Å². The third-order valence-electron chi connectivity index (χ3n) is 2.64. The number of amides is 2. The van der Waals surface area contributed by atoms with Crippen molar-refractivity contribution in [2.45, 2.75) is 19.9 Å². The van der Waals surface area contributed by atoms with Gasteiger partial charge in [-0.1, -0.05) is 11.6 Å². The number of carbonyl (C=O) groups is 3. The summed E-state index contributed by atoms with van der Waals surface area (Å²) < 4.78 is 4.77. The molecular weight excluding hydrogens is 312 g/mol. The number of nitrogens with one attached hydrogen (secondary N) is 2. The molecule has 0 fully saturated rings. The summed E-state index contributed by atoms with van der Waals surface area (Å²) in [5, 5.41) is 14.8. The third kappa shape index (κ3) is 5.25. The maximum Gasteiger partial charge on any atom is 0.342 e. The Morgan fingerprint density at radius 2 is 2.05 bits per heavy atom. The van der Waals surface area contributed by atoms with Crippen LogP contribution in [0.2, 0.25) is 5.02 Å². The molecule has 0 radical (unpaired) electrons. The number of benzene rings is 1. The molecule has 0 aliphatic rings. The van der Waals surface area contributed by atoms with Crippen LogP contribution in [0.3, 0.4) is 0 Å². The lowest BCUT2D eigenvalue weighted by Gasteiger charge is -2.13. The van der Waals surface area contributed by atoms with Crippen LogP contribution in [-0.2, 0) is 14.3 Å². The van der Waals surface area contributed by atoms with Crippen molar-refractivity contribution in [1.29, 1.82) is 0 Å². The highest BCUT2D eigenvalue weighted by molar-refractivity contribution is 6.30. The Balaban J connectivity index is 2.50. The zero-order chi connectivity index (χ0) is 16.7. The van der Waals surface area contributed by atoms with Crippen molar-refractivity contribution in [3.05, 3.63) is 28.8 Å². The molecule has 0 unspecified atom stereocenters. The zero-order valence-electron chi connectivity index (χ0n) is 12.2. The Hall–Kier alpha value is -2.28.